The molecule has 0 spiro atoms. The van der Waals surface area contributed by atoms with E-state index >= 15 is 0 Å². The van der Waals surface area contributed by atoms with E-state index in [1.165, 1.54) is 17.9 Å². The molecule has 2 aliphatic heterocycles. The van der Waals surface area contributed by atoms with Crippen LogP contribution in [0.2, 0.25) is 0 Å². The van der Waals surface area contributed by atoms with E-state index in [4.69, 9.17) is 4.74 Å². The number of carbonyl (C=O) groups excluding carboxylic acids is 3. The molecule has 1 atom stereocenters. The highest BCUT2D eigenvalue weighted by molar-refractivity contribution is 7.90. The summed E-state index contributed by atoms with van der Waals surface area (Å²) in [4.78, 5) is 42.5. The van der Waals surface area contributed by atoms with Gasteiger partial charge in [-0.1, -0.05) is 24.3 Å². The van der Waals surface area contributed by atoms with Crippen LogP contribution in [0, 0.1) is 0 Å². The molecule has 32 heavy (non-hydrogen) atoms. The van der Waals surface area contributed by atoms with Crippen molar-refractivity contribution < 1.29 is 27.5 Å². The Labute approximate surface area is 184 Å². The van der Waals surface area contributed by atoms with Gasteiger partial charge < -0.3 is 10.1 Å². The summed E-state index contributed by atoms with van der Waals surface area (Å²) in [5.41, 5.74) is 1.47. The maximum Gasteiger partial charge on any atom is 0.308 e. The van der Waals surface area contributed by atoms with Crippen LogP contribution >= 0.6 is 0 Å². The van der Waals surface area contributed by atoms with Gasteiger partial charge in [0.05, 0.1) is 29.2 Å². The zero-order chi connectivity index (χ0) is 22.9. The number of nitrogens with zero attached hydrogens (tertiary/aromatic N) is 2. The van der Waals surface area contributed by atoms with Crippen LogP contribution in [0.15, 0.2) is 58.4 Å². The number of aliphatic imine (C=N–C) groups is 1. The highest BCUT2D eigenvalue weighted by Crippen LogP contribution is 2.29. The van der Waals surface area contributed by atoms with Gasteiger partial charge >= 0.3 is 5.97 Å². The fraction of sp³-hybridized carbons (Fsp3) is 0.238. The van der Waals surface area contributed by atoms with Gasteiger partial charge in [-0.3, -0.25) is 29.0 Å². The van der Waals surface area contributed by atoms with Crippen LogP contribution in [-0.2, 0) is 29.1 Å². The smallest absolute Gasteiger partial charge is 0.308 e. The number of para-hydroxylation sites is 2. The lowest BCUT2D eigenvalue weighted by molar-refractivity contribution is -0.153. The molecule has 0 aliphatic carbocycles. The molecule has 11 heteroatoms. The zero-order valence-electron chi connectivity index (χ0n) is 17.1. The average molecular weight is 456 g/mol. The molecule has 0 unspecified atom stereocenters. The van der Waals surface area contributed by atoms with Crippen LogP contribution in [0.1, 0.15) is 18.9 Å². The molecule has 0 radical (unpaired) electrons. The minimum Gasteiger partial charge on any atom is -0.452 e. The number of carbonyl (C=O) groups is 3. The van der Waals surface area contributed by atoms with Crippen molar-refractivity contribution in [3.63, 3.8) is 0 Å². The van der Waals surface area contributed by atoms with Crippen molar-refractivity contribution in [1.82, 2.24) is 4.72 Å². The fourth-order valence-corrected chi connectivity index (χ4v) is 4.72. The van der Waals surface area contributed by atoms with E-state index in [1.807, 2.05) is 0 Å². The van der Waals surface area contributed by atoms with E-state index in [0.717, 1.165) is 0 Å². The average Bonchev–Trinajstić information content (AvgIpc) is 3.03. The maximum atomic E-state index is 12.8. The Balaban J connectivity index is 1.37. The molecule has 0 saturated carbocycles. The van der Waals surface area contributed by atoms with Gasteiger partial charge in [0.25, 0.3) is 15.9 Å². The van der Waals surface area contributed by atoms with E-state index in [-0.39, 0.29) is 36.1 Å². The molecule has 2 heterocycles. The molecular formula is C21H20N4O6S. The first-order chi connectivity index (χ1) is 15.3. The lowest BCUT2D eigenvalue weighted by atomic mass is 10.1. The Morgan fingerprint density at radius 1 is 1.16 bits per heavy atom. The quantitative estimate of drug-likeness (QED) is 0.646. The van der Waals surface area contributed by atoms with Gasteiger partial charge in [0, 0.05) is 5.56 Å². The van der Waals surface area contributed by atoms with Crippen molar-refractivity contribution in [2.45, 2.75) is 24.3 Å². The molecule has 0 saturated heterocycles. The molecular weight excluding hydrogens is 436 g/mol. The molecule has 2 N–H and O–H groups in total. The number of ether oxygens (including phenoxy) is 1. The van der Waals surface area contributed by atoms with E-state index in [2.05, 4.69) is 15.0 Å². The third kappa shape index (κ3) is 4.19. The first-order valence-corrected chi connectivity index (χ1v) is 11.3. The topological polar surface area (TPSA) is 134 Å². The molecule has 2 aliphatic rings. The number of benzene rings is 2. The molecule has 10 nitrogen and oxygen atoms in total. The summed E-state index contributed by atoms with van der Waals surface area (Å²) in [7, 11) is -3.66. The number of amides is 2. The van der Waals surface area contributed by atoms with Crippen molar-refractivity contribution in [3.8, 4) is 0 Å². The SMILES string of the molecule is C[C@H](OC(=O)CCN=C1NS(=O)(=O)c2ccccc21)C(=O)N1CC(=O)Nc2ccccc21. The van der Waals surface area contributed by atoms with Crippen molar-refractivity contribution in [1.29, 1.82) is 0 Å². The number of amidine groups is 1. The van der Waals surface area contributed by atoms with Crippen LogP contribution < -0.4 is 14.9 Å². The Morgan fingerprint density at radius 2 is 1.88 bits per heavy atom. The molecule has 0 aromatic heterocycles. The number of hydrogen-bond donors (Lipinski definition) is 2. The summed E-state index contributed by atoms with van der Waals surface area (Å²) in [6.07, 6.45) is -1.26. The summed E-state index contributed by atoms with van der Waals surface area (Å²) in [5.74, 6) is -1.37. The van der Waals surface area contributed by atoms with E-state index in [0.29, 0.717) is 16.9 Å². The van der Waals surface area contributed by atoms with Crippen LogP contribution in [0.5, 0.6) is 0 Å². The standard InChI is InChI=1S/C21H20N4O6S/c1-13(21(28)25-12-18(26)23-15-7-3-4-8-16(15)25)31-19(27)10-11-22-20-14-6-2-5-9-17(14)32(29,30)24-20/h2-9,13H,10-12H2,1H3,(H,22,24)(H,23,26)/t13-/m0/s1. The summed E-state index contributed by atoms with van der Waals surface area (Å²) in [5, 5.41) is 2.69. The first-order valence-electron chi connectivity index (χ1n) is 9.82. The van der Waals surface area contributed by atoms with Crippen LogP contribution in [0.25, 0.3) is 0 Å². The molecule has 0 bridgehead atoms. The molecule has 166 valence electrons. The first kappa shape index (κ1) is 21.5. The van der Waals surface area contributed by atoms with Gasteiger partial charge in [-0.05, 0) is 31.2 Å². The van der Waals surface area contributed by atoms with Crippen LogP contribution in [0.4, 0.5) is 11.4 Å². The Morgan fingerprint density at radius 3 is 2.69 bits per heavy atom. The Hall–Kier alpha value is -3.73. The van der Waals surface area contributed by atoms with Gasteiger partial charge in [-0.2, -0.15) is 0 Å². The number of hydrogen-bond acceptors (Lipinski definition) is 7. The third-order valence-electron chi connectivity index (χ3n) is 4.94. The van der Waals surface area contributed by atoms with Crippen molar-refractivity contribution in [2.75, 3.05) is 23.3 Å². The van der Waals surface area contributed by atoms with Crippen molar-refractivity contribution >= 4 is 45.0 Å². The van der Waals surface area contributed by atoms with Gasteiger partial charge in [0.2, 0.25) is 5.91 Å². The number of rotatable bonds is 5. The van der Waals surface area contributed by atoms with Gasteiger partial charge in [0.1, 0.15) is 12.4 Å². The molecule has 2 aromatic carbocycles. The van der Waals surface area contributed by atoms with Gasteiger partial charge in [0.15, 0.2) is 6.10 Å². The second kappa shape index (κ2) is 8.42. The number of anilines is 2. The summed E-state index contributed by atoms with van der Waals surface area (Å²) in [6.45, 7) is 1.23. The largest absolute Gasteiger partial charge is 0.452 e. The van der Waals surface area contributed by atoms with Crippen LogP contribution in [0.3, 0.4) is 0 Å². The monoisotopic (exact) mass is 456 g/mol. The number of esters is 1. The Bertz CT molecular complexity index is 1240. The minimum absolute atomic E-state index is 0.0269. The van der Waals surface area contributed by atoms with Gasteiger partial charge in [-0.15, -0.1) is 0 Å². The predicted molar refractivity (Wildman–Crippen MR) is 116 cm³/mol. The summed E-state index contributed by atoms with van der Waals surface area (Å²) in [6, 6.07) is 13.2. The number of nitrogens with one attached hydrogen (secondary N) is 2. The van der Waals surface area contributed by atoms with E-state index < -0.39 is 28.0 Å². The lowest BCUT2D eigenvalue weighted by Crippen LogP contribution is -2.47. The molecule has 2 aromatic rings. The maximum absolute atomic E-state index is 12.8. The number of sulfonamides is 1. The lowest BCUT2D eigenvalue weighted by Gasteiger charge is -2.30. The van der Waals surface area contributed by atoms with E-state index in [9.17, 15) is 22.8 Å². The van der Waals surface area contributed by atoms with Crippen molar-refractivity contribution in [2.24, 2.45) is 4.99 Å². The summed E-state index contributed by atoms with van der Waals surface area (Å²) >= 11 is 0. The summed E-state index contributed by atoms with van der Waals surface area (Å²) < 4.78 is 31.8. The Kier molecular flexibility index (Phi) is 5.66. The molecule has 4 rings (SSSR count). The highest BCUT2D eigenvalue weighted by Gasteiger charge is 2.32. The highest BCUT2D eigenvalue weighted by atomic mass is 32.2. The molecule has 0 fully saturated rings. The van der Waals surface area contributed by atoms with E-state index in [1.54, 1.807) is 42.5 Å². The van der Waals surface area contributed by atoms with Gasteiger partial charge in [-0.25, -0.2) is 8.42 Å². The molecule has 2 amide bonds. The predicted octanol–water partition coefficient (Wildman–Crippen LogP) is 1.03. The van der Waals surface area contributed by atoms with Crippen LogP contribution in [-0.4, -0.2) is 51.2 Å². The second-order valence-corrected chi connectivity index (χ2v) is 8.85. The fourth-order valence-electron chi connectivity index (χ4n) is 3.47. The minimum atomic E-state index is -3.66. The normalized spacial score (nSPS) is 18.2. The second-order valence-electron chi connectivity index (χ2n) is 7.20. The third-order valence-corrected chi connectivity index (χ3v) is 6.34. The number of fused-ring (bicyclic) bond motifs is 2. The van der Waals surface area contributed by atoms with Crippen molar-refractivity contribution in [3.05, 3.63) is 54.1 Å². The zero-order valence-corrected chi connectivity index (χ0v) is 17.9.